The van der Waals surface area contributed by atoms with E-state index in [2.05, 4.69) is 43.0 Å². The Labute approximate surface area is 162 Å². The van der Waals surface area contributed by atoms with Gasteiger partial charge in [-0.1, -0.05) is 41.7 Å². The molecule has 9 heteroatoms. The SMILES string of the molecule is COCCNc1nnc(Sc2ncnc3scc(-c4ccccc4)c23)s1. The van der Waals surface area contributed by atoms with Crippen molar-refractivity contribution < 1.29 is 4.74 Å². The highest BCUT2D eigenvalue weighted by Crippen LogP contribution is 2.40. The third-order valence-corrected chi connectivity index (χ3v) is 6.41. The number of anilines is 1. The molecule has 0 saturated heterocycles. The number of methoxy groups -OCH3 is 1. The maximum Gasteiger partial charge on any atom is 0.206 e. The molecule has 26 heavy (non-hydrogen) atoms. The van der Waals surface area contributed by atoms with Crippen LogP contribution < -0.4 is 5.32 Å². The summed E-state index contributed by atoms with van der Waals surface area (Å²) in [6, 6.07) is 10.3. The Morgan fingerprint density at radius 1 is 1.15 bits per heavy atom. The van der Waals surface area contributed by atoms with Gasteiger partial charge < -0.3 is 10.1 Å². The number of ether oxygens (including phenoxy) is 1. The Hall–Kier alpha value is -2.07. The molecule has 0 aliphatic rings. The topological polar surface area (TPSA) is 72.8 Å². The minimum absolute atomic E-state index is 0.629. The van der Waals surface area contributed by atoms with Gasteiger partial charge in [-0.2, -0.15) is 0 Å². The summed E-state index contributed by atoms with van der Waals surface area (Å²) in [7, 11) is 1.68. The van der Waals surface area contributed by atoms with Crippen molar-refractivity contribution in [3.8, 4) is 11.1 Å². The summed E-state index contributed by atoms with van der Waals surface area (Å²) in [5.74, 6) is 0. The molecule has 3 heterocycles. The van der Waals surface area contributed by atoms with E-state index in [0.29, 0.717) is 13.2 Å². The smallest absolute Gasteiger partial charge is 0.206 e. The van der Waals surface area contributed by atoms with Crippen molar-refractivity contribution in [1.29, 1.82) is 0 Å². The molecular formula is C17H15N5OS3. The molecule has 132 valence electrons. The second kappa shape index (κ2) is 8.09. The van der Waals surface area contributed by atoms with Crippen LogP contribution in [0.3, 0.4) is 0 Å². The van der Waals surface area contributed by atoms with E-state index in [1.165, 1.54) is 23.1 Å². The molecule has 0 spiro atoms. The molecular weight excluding hydrogens is 386 g/mol. The second-order valence-electron chi connectivity index (χ2n) is 5.27. The normalized spacial score (nSPS) is 11.1. The highest BCUT2D eigenvalue weighted by Gasteiger charge is 2.15. The molecule has 0 amide bonds. The monoisotopic (exact) mass is 401 g/mol. The first-order chi connectivity index (χ1) is 12.8. The van der Waals surface area contributed by atoms with Crippen molar-refractivity contribution in [3.63, 3.8) is 0 Å². The van der Waals surface area contributed by atoms with Gasteiger partial charge in [-0.25, -0.2) is 9.97 Å². The maximum atomic E-state index is 5.03. The Bertz CT molecular complexity index is 1000. The first kappa shape index (κ1) is 17.3. The van der Waals surface area contributed by atoms with Gasteiger partial charge in [0.2, 0.25) is 5.13 Å². The van der Waals surface area contributed by atoms with E-state index in [1.807, 2.05) is 18.2 Å². The molecule has 4 aromatic rings. The van der Waals surface area contributed by atoms with Crippen LogP contribution in [0.1, 0.15) is 0 Å². The largest absolute Gasteiger partial charge is 0.383 e. The fourth-order valence-electron chi connectivity index (χ4n) is 2.42. The molecule has 1 N–H and O–H groups in total. The lowest BCUT2D eigenvalue weighted by Crippen LogP contribution is -2.06. The van der Waals surface area contributed by atoms with Crippen molar-refractivity contribution in [2.24, 2.45) is 0 Å². The van der Waals surface area contributed by atoms with Crippen LogP contribution in [0, 0.1) is 0 Å². The third-order valence-electron chi connectivity index (χ3n) is 3.59. The lowest BCUT2D eigenvalue weighted by Gasteiger charge is -2.03. The molecule has 0 unspecified atom stereocenters. The summed E-state index contributed by atoms with van der Waals surface area (Å²) in [6.07, 6.45) is 1.61. The third kappa shape index (κ3) is 3.70. The van der Waals surface area contributed by atoms with Crippen molar-refractivity contribution >= 4 is 49.8 Å². The predicted molar refractivity (Wildman–Crippen MR) is 107 cm³/mol. The average molecular weight is 402 g/mol. The molecule has 0 fully saturated rings. The summed E-state index contributed by atoms with van der Waals surface area (Å²) < 4.78 is 5.88. The van der Waals surface area contributed by atoms with Gasteiger partial charge in [-0.3, -0.25) is 0 Å². The summed E-state index contributed by atoms with van der Waals surface area (Å²) in [6.45, 7) is 1.33. The average Bonchev–Trinajstić information content (AvgIpc) is 3.30. The molecule has 4 rings (SSSR count). The number of aromatic nitrogens is 4. The van der Waals surface area contributed by atoms with Crippen LogP contribution >= 0.6 is 34.4 Å². The molecule has 6 nitrogen and oxygen atoms in total. The highest BCUT2D eigenvalue weighted by atomic mass is 32.2. The lowest BCUT2D eigenvalue weighted by atomic mass is 10.1. The van der Waals surface area contributed by atoms with Crippen molar-refractivity contribution in [1.82, 2.24) is 20.2 Å². The van der Waals surface area contributed by atoms with Gasteiger partial charge in [0.05, 0.1) is 12.0 Å². The Morgan fingerprint density at radius 2 is 2.04 bits per heavy atom. The zero-order valence-corrected chi connectivity index (χ0v) is 16.3. The van der Waals surface area contributed by atoms with Crippen LogP contribution in [0.25, 0.3) is 21.3 Å². The van der Waals surface area contributed by atoms with E-state index < -0.39 is 0 Å². The quantitative estimate of drug-likeness (QED) is 0.363. The van der Waals surface area contributed by atoms with E-state index in [4.69, 9.17) is 4.74 Å². The van der Waals surface area contributed by atoms with Gasteiger partial charge in [0.25, 0.3) is 0 Å². The number of hydrogen-bond donors (Lipinski definition) is 1. The second-order valence-corrected chi connectivity index (χ2v) is 8.34. The maximum absolute atomic E-state index is 5.03. The molecule has 0 atom stereocenters. The van der Waals surface area contributed by atoms with Crippen LogP contribution in [-0.4, -0.2) is 40.4 Å². The molecule has 0 aliphatic carbocycles. The zero-order valence-electron chi connectivity index (χ0n) is 13.9. The minimum atomic E-state index is 0.629. The molecule has 3 aromatic heterocycles. The number of nitrogens with zero attached hydrogens (tertiary/aromatic N) is 4. The van der Waals surface area contributed by atoms with Crippen molar-refractivity contribution in [2.45, 2.75) is 9.37 Å². The first-order valence-corrected chi connectivity index (χ1v) is 10.4. The first-order valence-electron chi connectivity index (χ1n) is 7.87. The zero-order chi connectivity index (χ0) is 17.8. The number of hydrogen-bond acceptors (Lipinski definition) is 9. The minimum Gasteiger partial charge on any atom is -0.383 e. The van der Waals surface area contributed by atoms with E-state index in [-0.39, 0.29) is 0 Å². The van der Waals surface area contributed by atoms with Crippen LogP contribution in [0.4, 0.5) is 5.13 Å². The molecule has 0 radical (unpaired) electrons. The van der Waals surface area contributed by atoms with Crippen LogP contribution in [0.5, 0.6) is 0 Å². The number of fused-ring (bicyclic) bond motifs is 1. The van der Waals surface area contributed by atoms with Gasteiger partial charge in [0.1, 0.15) is 16.2 Å². The fraction of sp³-hybridized carbons (Fsp3) is 0.176. The number of rotatable bonds is 7. The number of thiophene rings is 1. The van der Waals surface area contributed by atoms with Crippen LogP contribution in [0.15, 0.2) is 51.4 Å². The van der Waals surface area contributed by atoms with Crippen LogP contribution in [-0.2, 0) is 4.74 Å². The molecule has 0 bridgehead atoms. The van der Waals surface area contributed by atoms with Crippen molar-refractivity contribution in [2.75, 3.05) is 25.6 Å². The molecule has 1 aromatic carbocycles. The van der Waals surface area contributed by atoms with E-state index in [0.717, 1.165) is 35.8 Å². The van der Waals surface area contributed by atoms with E-state index in [9.17, 15) is 0 Å². The van der Waals surface area contributed by atoms with Gasteiger partial charge in [-0.15, -0.1) is 21.5 Å². The number of nitrogens with one attached hydrogen (secondary N) is 1. The molecule has 0 saturated carbocycles. The van der Waals surface area contributed by atoms with E-state index in [1.54, 1.807) is 24.8 Å². The Balaban J connectivity index is 1.64. The van der Waals surface area contributed by atoms with E-state index >= 15 is 0 Å². The number of benzene rings is 1. The Kier molecular flexibility index (Phi) is 5.40. The van der Waals surface area contributed by atoms with Gasteiger partial charge in [0, 0.05) is 24.6 Å². The highest BCUT2D eigenvalue weighted by molar-refractivity contribution is 8.01. The summed E-state index contributed by atoms with van der Waals surface area (Å²) in [5, 5.41) is 16.5. The Morgan fingerprint density at radius 3 is 2.88 bits per heavy atom. The van der Waals surface area contributed by atoms with Gasteiger partial charge in [-0.05, 0) is 17.3 Å². The summed E-state index contributed by atoms with van der Waals surface area (Å²) >= 11 is 4.66. The van der Waals surface area contributed by atoms with Crippen LogP contribution in [0.2, 0.25) is 0 Å². The summed E-state index contributed by atoms with van der Waals surface area (Å²) in [4.78, 5) is 9.90. The predicted octanol–water partition coefficient (Wildman–Crippen LogP) is 4.42. The standard InChI is InChI=1S/C17H15N5OS3/c1-23-8-7-18-16-21-22-17(26-16)25-15-13-12(11-5-3-2-4-6-11)9-24-14(13)19-10-20-15/h2-6,9-10H,7-8H2,1H3,(H,18,21). The fourth-order valence-corrected chi connectivity index (χ4v) is 5.20. The van der Waals surface area contributed by atoms with Crippen molar-refractivity contribution in [3.05, 3.63) is 42.0 Å². The lowest BCUT2D eigenvalue weighted by molar-refractivity contribution is 0.211. The van der Waals surface area contributed by atoms with Gasteiger partial charge in [0.15, 0.2) is 4.34 Å². The molecule has 0 aliphatic heterocycles. The van der Waals surface area contributed by atoms with Gasteiger partial charge >= 0.3 is 0 Å². The summed E-state index contributed by atoms with van der Waals surface area (Å²) in [5.41, 5.74) is 2.31.